The smallest absolute Gasteiger partial charge is 0.332 e. The molecule has 0 fully saturated rings. The van der Waals surface area contributed by atoms with Crippen LogP contribution in [0.4, 0.5) is 0 Å². The predicted octanol–water partition coefficient (Wildman–Crippen LogP) is -0.437. The fourth-order valence-electron chi connectivity index (χ4n) is 4.61. The zero-order valence-electron chi connectivity index (χ0n) is 22.0. The highest BCUT2D eigenvalue weighted by molar-refractivity contribution is 5.88. The molecule has 1 aliphatic rings. The summed E-state index contributed by atoms with van der Waals surface area (Å²) in [6, 6.07) is 0. The molecule has 4 rings (SSSR count). The second-order valence-electron chi connectivity index (χ2n) is 9.56. The quantitative estimate of drug-likeness (QED) is 0.115. The van der Waals surface area contributed by atoms with Crippen LogP contribution in [-0.4, -0.2) is 42.1 Å². The van der Waals surface area contributed by atoms with Crippen molar-refractivity contribution in [3.63, 3.8) is 0 Å². The molecule has 0 bridgehead atoms. The molecule has 2 aromatic heterocycles. The lowest BCUT2D eigenvalue weighted by Crippen LogP contribution is -2.56. The van der Waals surface area contributed by atoms with Gasteiger partial charge in [-0.2, -0.15) is 0 Å². The summed E-state index contributed by atoms with van der Waals surface area (Å²) in [6.07, 6.45) is 2.14. The number of aryl methyl sites for hydroxylation is 1. The number of hydrogen-bond acceptors (Lipinski definition) is 8. The Labute approximate surface area is 216 Å². The Balaban J connectivity index is 1.62. The number of ether oxygens (including phenoxy) is 2. The number of nitrogens with two attached hydrogens (primary N) is 1. The van der Waals surface area contributed by atoms with Crippen LogP contribution >= 0.6 is 0 Å². The lowest BCUT2D eigenvalue weighted by atomic mass is 9.86. The van der Waals surface area contributed by atoms with Crippen molar-refractivity contribution in [2.45, 2.75) is 52.7 Å². The molecule has 14 nitrogen and oxygen atoms in total. The number of benzene rings is 1. The van der Waals surface area contributed by atoms with Gasteiger partial charge in [0.1, 0.15) is 18.0 Å². The van der Waals surface area contributed by atoms with E-state index in [4.69, 9.17) is 20.6 Å². The van der Waals surface area contributed by atoms with Crippen molar-refractivity contribution < 1.29 is 19.1 Å². The number of hydrogen-bond donors (Lipinski definition) is 4. The molecule has 0 spiro atoms. The zero-order chi connectivity index (χ0) is 28.1. The number of guanidine groups is 1. The summed E-state index contributed by atoms with van der Waals surface area (Å²) in [6.45, 7) is 6.78. The number of nitrogens with zero attached hydrogens (tertiary/aromatic N) is 4. The van der Waals surface area contributed by atoms with Gasteiger partial charge in [0.2, 0.25) is 5.96 Å². The first-order chi connectivity index (χ1) is 17.8. The van der Waals surface area contributed by atoms with Crippen LogP contribution in [-0.2, 0) is 36.6 Å². The van der Waals surface area contributed by atoms with Crippen molar-refractivity contribution in [2.75, 3.05) is 0 Å². The van der Waals surface area contributed by atoms with Gasteiger partial charge >= 0.3 is 11.7 Å². The second kappa shape index (κ2) is 9.36. The van der Waals surface area contributed by atoms with E-state index in [2.05, 4.69) is 15.8 Å². The topological polar surface area (TPSA) is 188 Å². The number of fused-ring (bicyclic) bond motifs is 2. The molecule has 1 unspecified atom stereocenters. The van der Waals surface area contributed by atoms with Gasteiger partial charge in [-0.15, -0.1) is 0 Å². The lowest BCUT2D eigenvalue weighted by molar-refractivity contribution is -0.137. The number of aromatic nitrogens is 4. The Morgan fingerprint density at radius 2 is 1.84 bits per heavy atom. The van der Waals surface area contributed by atoms with E-state index < -0.39 is 34.7 Å². The van der Waals surface area contributed by atoms with E-state index in [1.807, 2.05) is 13.8 Å². The minimum atomic E-state index is -1.20. The molecule has 1 aliphatic heterocycles. The number of imidazole rings is 1. The third-order valence-corrected chi connectivity index (χ3v) is 7.01. The van der Waals surface area contributed by atoms with Crippen molar-refractivity contribution in [1.29, 1.82) is 5.41 Å². The van der Waals surface area contributed by atoms with Crippen molar-refractivity contribution >= 4 is 29.0 Å². The first kappa shape index (κ1) is 26.4. The Hall–Kier alpha value is -4.62. The Bertz CT molecular complexity index is 1630. The number of hydrazine groups is 1. The maximum atomic E-state index is 13.0. The summed E-state index contributed by atoms with van der Waals surface area (Å²) in [5, 5.41) is 7.23. The second-order valence-corrected chi connectivity index (χ2v) is 9.56. The normalized spacial score (nSPS) is 16.5. The first-order valence-corrected chi connectivity index (χ1v) is 11.8. The van der Waals surface area contributed by atoms with Gasteiger partial charge in [-0.3, -0.25) is 35.0 Å². The molecule has 0 radical (unpaired) electrons. The van der Waals surface area contributed by atoms with Crippen LogP contribution < -0.4 is 37.3 Å². The number of amides is 1. The van der Waals surface area contributed by atoms with Crippen LogP contribution in [0.25, 0.3) is 11.2 Å². The van der Waals surface area contributed by atoms with E-state index in [-0.39, 0.29) is 17.7 Å². The molecular weight excluding hydrogens is 496 g/mol. The third-order valence-electron chi connectivity index (χ3n) is 7.01. The maximum Gasteiger partial charge on any atom is 0.332 e. The van der Waals surface area contributed by atoms with Gasteiger partial charge in [-0.1, -0.05) is 0 Å². The van der Waals surface area contributed by atoms with E-state index >= 15 is 0 Å². The maximum absolute atomic E-state index is 13.0. The average Bonchev–Trinajstić information content (AvgIpc) is 3.29. The van der Waals surface area contributed by atoms with E-state index in [1.54, 1.807) is 13.8 Å². The largest absolute Gasteiger partial charge is 0.477 e. The van der Waals surface area contributed by atoms with Crippen LogP contribution in [0.15, 0.2) is 15.9 Å². The molecule has 14 heteroatoms. The summed E-state index contributed by atoms with van der Waals surface area (Å²) in [5.41, 5.74) is 10.8. The number of carbonyl (C=O) groups excluding carboxylic acids is 2. The summed E-state index contributed by atoms with van der Waals surface area (Å²) in [5.74, 6) is -0.579. The molecular formula is C24H30N8O6. The number of carbonyl (C=O) groups is 2. The third kappa shape index (κ3) is 4.27. The van der Waals surface area contributed by atoms with Gasteiger partial charge in [0, 0.05) is 26.1 Å². The van der Waals surface area contributed by atoms with E-state index in [0.717, 1.165) is 10.1 Å². The standard InChI is InChI=1S/C24H30N8O6/c1-11-12(2)18-14(7-8-24(4,38-18)21(35)28-29-22(25)26)13(3)17(11)37-15(33)9-32-10-27-19-16(32)20(34)31(6)23(36)30(19)5/h10H,7-9H2,1-6H3,(H,28,35)(H4,25,26,29). The highest BCUT2D eigenvalue weighted by Crippen LogP contribution is 2.43. The highest BCUT2D eigenvalue weighted by Gasteiger charge is 2.41. The van der Waals surface area contributed by atoms with Gasteiger partial charge in [-0.05, 0) is 50.8 Å². The van der Waals surface area contributed by atoms with Crippen LogP contribution in [0, 0.1) is 26.2 Å². The van der Waals surface area contributed by atoms with Crippen LogP contribution in [0.1, 0.15) is 35.6 Å². The first-order valence-electron chi connectivity index (χ1n) is 11.8. The van der Waals surface area contributed by atoms with Crippen molar-refractivity contribution in [3.8, 4) is 11.5 Å². The van der Waals surface area contributed by atoms with Crippen molar-refractivity contribution in [1.82, 2.24) is 29.5 Å². The fraction of sp³-hybridized carbons (Fsp3) is 0.417. The van der Waals surface area contributed by atoms with Crippen LogP contribution in [0.5, 0.6) is 11.5 Å². The lowest BCUT2D eigenvalue weighted by Gasteiger charge is -2.36. The van der Waals surface area contributed by atoms with Crippen LogP contribution in [0.2, 0.25) is 0 Å². The Kier molecular flexibility index (Phi) is 6.51. The molecule has 0 aliphatic carbocycles. The van der Waals surface area contributed by atoms with E-state index in [1.165, 1.54) is 29.6 Å². The Morgan fingerprint density at radius 1 is 1.16 bits per heavy atom. The number of rotatable bonds is 4. The monoisotopic (exact) mass is 526 g/mol. The molecule has 3 heterocycles. The average molecular weight is 527 g/mol. The highest BCUT2D eigenvalue weighted by atomic mass is 16.5. The molecule has 0 saturated heterocycles. The van der Waals surface area contributed by atoms with Crippen LogP contribution in [0.3, 0.4) is 0 Å². The molecule has 202 valence electrons. The van der Waals surface area contributed by atoms with Gasteiger partial charge in [0.05, 0.1) is 6.33 Å². The van der Waals surface area contributed by atoms with Crippen molar-refractivity contribution in [3.05, 3.63) is 49.4 Å². The minimum absolute atomic E-state index is 0.117. The Morgan fingerprint density at radius 3 is 2.50 bits per heavy atom. The summed E-state index contributed by atoms with van der Waals surface area (Å²) < 4.78 is 15.5. The molecule has 1 amide bonds. The summed E-state index contributed by atoms with van der Waals surface area (Å²) in [7, 11) is 2.86. The van der Waals surface area contributed by atoms with Gasteiger partial charge in [0.25, 0.3) is 11.5 Å². The fourth-order valence-corrected chi connectivity index (χ4v) is 4.61. The molecule has 3 aromatic rings. The van der Waals surface area contributed by atoms with Gasteiger partial charge < -0.3 is 19.8 Å². The van der Waals surface area contributed by atoms with Crippen molar-refractivity contribution in [2.24, 2.45) is 19.8 Å². The zero-order valence-corrected chi connectivity index (χ0v) is 22.0. The summed E-state index contributed by atoms with van der Waals surface area (Å²) >= 11 is 0. The molecule has 0 saturated carbocycles. The molecule has 1 aromatic carbocycles. The molecule has 5 N–H and O–H groups in total. The molecule has 38 heavy (non-hydrogen) atoms. The van der Waals surface area contributed by atoms with Gasteiger partial charge in [-0.25, -0.2) is 14.6 Å². The SMILES string of the molecule is Cc1c(C)c2c(c(C)c1OC(=O)Cn1cnc3c1c(=O)n(C)c(=O)n3C)CCC(C)(C(=O)NNC(=N)N)O2. The minimum Gasteiger partial charge on any atom is -0.477 e. The summed E-state index contributed by atoms with van der Waals surface area (Å²) in [4.78, 5) is 54.7. The number of esters is 1. The predicted molar refractivity (Wildman–Crippen MR) is 137 cm³/mol. The van der Waals surface area contributed by atoms with Gasteiger partial charge in [0.15, 0.2) is 16.8 Å². The van der Waals surface area contributed by atoms with E-state index in [9.17, 15) is 19.2 Å². The number of nitrogens with one attached hydrogen (secondary N) is 3. The molecule has 1 atom stereocenters. The van der Waals surface area contributed by atoms with E-state index in [0.29, 0.717) is 41.0 Å².